The zero-order valence-corrected chi connectivity index (χ0v) is 6.08. The fourth-order valence-corrected chi connectivity index (χ4v) is 1.52. The second-order valence-corrected chi connectivity index (χ2v) is 2.76. The van der Waals surface area contributed by atoms with E-state index >= 15 is 0 Å². The first-order chi connectivity index (χ1) is 5.29. The number of fused-ring (bicyclic) bond motifs is 1. The summed E-state index contributed by atoms with van der Waals surface area (Å²) >= 11 is 0. The number of hydrogen-bond acceptors (Lipinski definition) is 2. The first kappa shape index (κ1) is 6.46. The largest absolute Gasteiger partial charge is 0.506 e. The second kappa shape index (κ2) is 2.12. The van der Waals surface area contributed by atoms with E-state index in [1.54, 1.807) is 4.57 Å². The van der Waals surface area contributed by atoms with Crippen LogP contribution in [0, 0.1) is 0 Å². The van der Waals surface area contributed by atoms with Gasteiger partial charge in [-0.1, -0.05) is 0 Å². The Morgan fingerprint density at radius 1 is 1.45 bits per heavy atom. The van der Waals surface area contributed by atoms with Gasteiger partial charge in [-0.25, -0.2) is 0 Å². The molecule has 58 valence electrons. The summed E-state index contributed by atoms with van der Waals surface area (Å²) in [6, 6.07) is 2.88. The van der Waals surface area contributed by atoms with Gasteiger partial charge in [-0.15, -0.1) is 0 Å². The molecule has 2 rings (SSSR count). The topological polar surface area (TPSA) is 42.2 Å². The molecule has 0 aliphatic carbocycles. The number of hydrogen-bond donors (Lipinski definition) is 1. The Kier molecular flexibility index (Phi) is 1.24. The number of aromatic hydroxyl groups is 1. The number of rotatable bonds is 0. The molecule has 0 saturated carbocycles. The maximum atomic E-state index is 11.1. The SMILES string of the molecule is O=c1ccc(O)c2n1CCC2. The lowest BCUT2D eigenvalue weighted by Gasteiger charge is -2.02. The average molecular weight is 151 g/mol. The van der Waals surface area contributed by atoms with E-state index in [1.807, 2.05) is 0 Å². The Balaban J connectivity index is 2.74. The smallest absolute Gasteiger partial charge is 0.250 e. The third-order valence-corrected chi connectivity index (χ3v) is 2.07. The molecule has 11 heavy (non-hydrogen) atoms. The van der Waals surface area contributed by atoms with Gasteiger partial charge in [0.25, 0.3) is 5.56 Å². The lowest BCUT2D eigenvalue weighted by atomic mass is 10.2. The van der Waals surface area contributed by atoms with Crippen LogP contribution >= 0.6 is 0 Å². The van der Waals surface area contributed by atoms with Gasteiger partial charge in [0.05, 0.1) is 5.69 Å². The summed E-state index contributed by atoms with van der Waals surface area (Å²) < 4.78 is 1.63. The van der Waals surface area contributed by atoms with Gasteiger partial charge in [0, 0.05) is 12.6 Å². The monoisotopic (exact) mass is 151 g/mol. The molecule has 3 heteroatoms. The van der Waals surface area contributed by atoms with Crippen LogP contribution in [-0.2, 0) is 13.0 Å². The molecule has 0 spiro atoms. The van der Waals surface area contributed by atoms with Gasteiger partial charge in [0.1, 0.15) is 5.75 Å². The molecule has 0 radical (unpaired) electrons. The first-order valence-corrected chi connectivity index (χ1v) is 3.71. The fourth-order valence-electron chi connectivity index (χ4n) is 1.52. The Bertz CT molecular complexity index is 340. The van der Waals surface area contributed by atoms with Gasteiger partial charge in [-0.2, -0.15) is 0 Å². The van der Waals surface area contributed by atoms with Crippen molar-refractivity contribution >= 4 is 0 Å². The molecule has 3 nitrogen and oxygen atoms in total. The van der Waals surface area contributed by atoms with Crippen molar-refractivity contribution in [2.24, 2.45) is 0 Å². The first-order valence-electron chi connectivity index (χ1n) is 3.71. The van der Waals surface area contributed by atoms with Crippen LogP contribution < -0.4 is 5.56 Å². The highest BCUT2D eigenvalue weighted by Gasteiger charge is 2.14. The minimum Gasteiger partial charge on any atom is -0.506 e. The van der Waals surface area contributed by atoms with Crippen LogP contribution in [0.15, 0.2) is 16.9 Å². The van der Waals surface area contributed by atoms with Gasteiger partial charge in [0.15, 0.2) is 0 Å². The quantitative estimate of drug-likeness (QED) is 0.586. The van der Waals surface area contributed by atoms with Gasteiger partial charge < -0.3 is 9.67 Å². The predicted octanol–water partition coefficient (Wildman–Crippen LogP) is 0.500. The molecule has 1 aromatic rings. The van der Waals surface area contributed by atoms with Crippen molar-refractivity contribution in [2.45, 2.75) is 19.4 Å². The van der Waals surface area contributed by atoms with Gasteiger partial charge in [-0.3, -0.25) is 4.79 Å². The summed E-state index contributed by atoms with van der Waals surface area (Å²) in [7, 11) is 0. The maximum Gasteiger partial charge on any atom is 0.250 e. The minimum absolute atomic E-state index is 0.00435. The summed E-state index contributed by atoms with van der Waals surface area (Å²) in [6.45, 7) is 0.753. The minimum atomic E-state index is -0.00435. The van der Waals surface area contributed by atoms with Crippen LogP contribution in [-0.4, -0.2) is 9.67 Å². The molecule has 0 atom stereocenters. The van der Waals surface area contributed by atoms with E-state index in [9.17, 15) is 9.90 Å². The Morgan fingerprint density at radius 2 is 2.27 bits per heavy atom. The van der Waals surface area contributed by atoms with Crippen LogP contribution in [0.1, 0.15) is 12.1 Å². The van der Waals surface area contributed by atoms with Crippen LogP contribution in [0.4, 0.5) is 0 Å². The predicted molar refractivity (Wildman–Crippen MR) is 40.7 cm³/mol. The highest BCUT2D eigenvalue weighted by Crippen LogP contribution is 2.20. The molecular weight excluding hydrogens is 142 g/mol. The standard InChI is InChI=1S/C8H9NO2/c10-7-3-4-8(11)9-5-1-2-6(7)9/h3-4,10H,1-2,5H2. The van der Waals surface area contributed by atoms with Crippen LogP contribution in [0.5, 0.6) is 5.75 Å². The number of nitrogens with zero attached hydrogens (tertiary/aromatic N) is 1. The normalized spacial score (nSPS) is 14.9. The van der Waals surface area contributed by atoms with Crippen molar-refractivity contribution in [1.29, 1.82) is 0 Å². The number of pyridine rings is 1. The third kappa shape index (κ3) is 0.843. The molecule has 1 aliphatic heterocycles. The van der Waals surface area contributed by atoms with Crippen molar-refractivity contribution in [3.8, 4) is 5.75 Å². The molecule has 0 amide bonds. The lowest BCUT2D eigenvalue weighted by Crippen LogP contribution is -2.17. The Hall–Kier alpha value is -1.25. The summed E-state index contributed by atoms with van der Waals surface area (Å²) in [5.74, 6) is 0.252. The highest BCUT2D eigenvalue weighted by atomic mass is 16.3. The van der Waals surface area contributed by atoms with E-state index in [1.165, 1.54) is 12.1 Å². The second-order valence-electron chi connectivity index (χ2n) is 2.76. The molecule has 1 aromatic heterocycles. The summed E-state index contributed by atoms with van der Waals surface area (Å²) in [5, 5.41) is 9.30. The fraction of sp³-hybridized carbons (Fsp3) is 0.375. The van der Waals surface area contributed by atoms with E-state index < -0.39 is 0 Å². The van der Waals surface area contributed by atoms with Crippen molar-refractivity contribution < 1.29 is 5.11 Å². The van der Waals surface area contributed by atoms with E-state index in [2.05, 4.69) is 0 Å². The van der Waals surface area contributed by atoms with Crippen LogP contribution in [0.3, 0.4) is 0 Å². The molecule has 1 N–H and O–H groups in total. The zero-order valence-electron chi connectivity index (χ0n) is 6.08. The van der Waals surface area contributed by atoms with Gasteiger partial charge >= 0.3 is 0 Å². The molecular formula is C8H9NO2. The van der Waals surface area contributed by atoms with Crippen molar-refractivity contribution in [2.75, 3.05) is 0 Å². The summed E-state index contributed by atoms with van der Waals surface area (Å²) in [4.78, 5) is 11.1. The van der Waals surface area contributed by atoms with Crippen molar-refractivity contribution in [3.63, 3.8) is 0 Å². The Labute approximate surface area is 63.9 Å². The number of aromatic nitrogens is 1. The van der Waals surface area contributed by atoms with Crippen molar-refractivity contribution in [1.82, 2.24) is 4.57 Å². The van der Waals surface area contributed by atoms with E-state index in [-0.39, 0.29) is 11.3 Å². The highest BCUT2D eigenvalue weighted by molar-refractivity contribution is 5.28. The molecule has 0 saturated heterocycles. The van der Waals surface area contributed by atoms with E-state index in [0.29, 0.717) is 0 Å². The van der Waals surface area contributed by atoms with Crippen molar-refractivity contribution in [3.05, 3.63) is 28.2 Å². The van der Waals surface area contributed by atoms with E-state index in [4.69, 9.17) is 0 Å². The average Bonchev–Trinajstić information content (AvgIpc) is 2.45. The van der Waals surface area contributed by atoms with Gasteiger partial charge in [-0.05, 0) is 18.9 Å². The Morgan fingerprint density at radius 3 is 3.00 bits per heavy atom. The van der Waals surface area contributed by atoms with Gasteiger partial charge in [0.2, 0.25) is 0 Å². The zero-order chi connectivity index (χ0) is 7.84. The summed E-state index contributed by atoms with van der Waals surface area (Å²) in [6.07, 6.45) is 1.79. The maximum absolute atomic E-state index is 11.1. The molecule has 2 heterocycles. The summed E-state index contributed by atoms with van der Waals surface area (Å²) in [5.41, 5.74) is 0.785. The molecule has 0 unspecified atom stereocenters. The molecule has 0 fully saturated rings. The molecule has 0 aromatic carbocycles. The molecule has 1 aliphatic rings. The van der Waals surface area contributed by atoms with E-state index in [0.717, 1.165) is 25.1 Å². The third-order valence-electron chi connectivity index (χ3n) is 2.07. The van der Waals surface area contributed by atoms with Crippen LogP contribution in [0.25, 0.3) is 0 Å². The van der Waals surface area contributed by atoms with Crippen LogP contribution in [0.2, 0.25) is 0 Å². The molecule has 0 bridgehead atoms. The lowest BCUT2D eigenvalue weighted by molar-refractivity contribution is 0.462.